The van der Waals surface area contributed by atoms with E-state index in [1.807, 2.05) is 32.9 Å². The Morgan fingerprint density at radius 2 is 1.89 bits per heavy atom. The summed E-state index contributed by atoms with van der Waals surface area (Å²) in [7, 11) is 1.76. The summed E-state index contributed by atoms with van der Waals surface area (Å²) in [6, 6.07) is 6.68. The fourth-order valence-corrected chi connectivity index (χ4v) is 1.90. The van der Waals surface area contributed by atoms with E-state index in [-0.39, 0.29) is 23.0 Å². The molecule has 1 aromatic carbocycles. The first-order valence-electron chi connectivity index (χ1n) is 6.65. The minimum absolute atomic E-state index is 0.192. The smallest absolute Gasteiger partial charge is 0.156 e. The van der Waals surface area contributed by atoms with Crippen LogP contribution in [0.3, 0.4) is 0 Å². The number of phenolic OH excluding ortho intramolecular Hbond substituents is 1. The van der Waals surface area contributed by atoms with E-state index in [0.29, 0.717) is 6.42 Å². The van der Waals surface area contributed by atoms with Gasteiger partial charge in [-0.25, -0.2) is 5.43 Å². The molecule has 0 aliphatic carbocycles. The summed E-state index contributed by atoms with van der Waals surface area (Å²) < 4.78 is 0. The Morgan fingerprint density at radius 1 is 1.32 bits per heavy atom. The fourth-order valence-electron chi connectivity index (χ4n) is 1.90. The monoisotopic (exact) mass is 264 g/mol. The zero-order valence-corrected chi connectivity index (χ0v) is 12.2. The average molecular weight is 264 g/mol. The van der Waals surface area contributed by atoms with Crippen LogP contribution in [0.4, 0.5) is 0 Å². The number of hydrazine groups is 1. The number of carbonyl (C=O) groups is 1. The molecule has 0 radical (unpaired) electrons. The van der Waals surface area contributed by atoms with Gasteiger partial charge in [0.05, 0.1) is 6.04 Å². The maximum atomic E-state index is 12.5. The summed E-state index contributed by atoms with van der Waals surface area (Å²) in [5.41, 5.74) is 6.56. The van der Waals surface area contributed by atoms with Crippen molar-refractivity contribution in [3.8, 4) is 5.75 Å². The third kappa shape index (κ3) is 4.33. The first-order valence-corrected chi connectivity index (χ1v) is 6.65. The Bertz CT molecular complexity index is 413. The molecule has 4 heteroatoms. The van der Waals surface area contributed by atoms with Crippen LogP contribution >= 0.6 is 0 Å². The van der Waals surface area contributed by atoms with E-state index < -0.39 is 0 Å². The Hall–Kier alpha value is -1.39. The number of ketones is 1. The van der Waals surface area contributed by atoms with Crippen molar-refractivity contribution in [2.24, 2.45) is 5.41 Å². The lowest BCUT2D eigenvalue weighted by Gasteiger charge is -2.27. The Kier molecular flexibility index (Phi) is 5.51. The molecule has 1 atom stereocenters. The van der Waals surface area contributed by atoms with Gasteiger partial charge < -0.3 is 5.11 Å². The summed E-state index contributed by atoms with van der Waals surface area (Å²) in [6.45, 7) is 5.96. The highest BCUT2D eigenvalue weighted by Crippen LogP contribution is 2.24. The Labute approximate surface area is 115 Å². The molecule has 0 saturated carbocycles. The second-order valence-corrected chi connectivity index (χ2v) is 5.42. The molecule has 0 heterocycles. The van der Waals surface area contributed by atoms with Crippen molar-refractivity contribution in [1.29, 1.82) is 0 Å². The second-order valence-electron chi connectivity index (χ2n) is 5.42. The fraction of sp³-hybridized carbons (Fsp3) is 0.533. The zero-order valence-electron chi connectivity index (χ0n) is 12.2. The van der Waals surface area contributed by atoms with E-state index in [1.54, 1.807) is 19.2 Å². The Morgan fingerprint density at radius 3 is 2.37 bits per heavy atom. The topological polar surface area (TPSA) is 61.4 Å². The number of hydrogen-bond donors (Lipinski definition) is 3. The molecule has 106 valence electrons. The minimum atomic E-state index is -0.342. The largest absolute Gasteiger partial charge is 0.508 e. The van der Waals surface area contributed by atoms with Crippen LogP contribution in [0.1, 0.15) is 32.8 Å². The molecule has 0 spiro atoms. The van der Waals surface area contributed by atoms with Crippen LogP contribution in [0.5, 0.6) is 5.75 Å². The maximum Gasteiger partial charge on any atom is 0.156 e. The third-order valence-corrected chi connectivity index (χ3v) is 3.56. The summed E-state index contributed by atoms with van der Waals surface area (Å²) in [5.74, 6) is 0.430. The molecule has 1 aromatic rings. The number of rotatable bonds is 7. The summed E-state index contributed by atoms with van der Waals surface area (Å²) >= 11 is 0. The van der Waals surface area contributed by atoms with Gasteiger partial charge in [0.1, 0.15) is 5.75 Å². The average Bonchev–Trinajstić information content (AvgIpc) is 2.40. The molecule has 0 saturated heterocycles. The molecule has 19 heavy (non-hydrogen) atoms. The predicted molar refractivity (Wildman–Crippen MR) is 76.9 cm³/mol. The van der Waals surface area contributed by atoms with Crippen molar-refractivity contribution in [2.45, 2.75) is 39.7 Å². The molecule has 1 unspecified atom stereocenters. The first kappa shape index (κ1) is 15.7. The Balaban J connectivity index is 2.83. The van der Waals surface area contributed by atoms with Gasteiger partial charge in [-0.05, 0) is 37.6 Å². The molecule has 0 aliphatic heterocycles. The van der Waals surface area contributed by atoms with Gasteiger partial charge in [-0.15, -0.1) is 0 Å². The van der Waals surface area contributed by atoms with Crippen molar-refractivity contribution in [1.82, 2.24) is 10.9 Å². The van der Waals surface area contributed by atoms with Crippen LogP contribution in [0.25, 0.3) is 0 Å². The summed E-state index contributed by atoms with van der Waals surface area (Å²) in [6.07, 6.45) is 1.41. The summed E-state index contributed by atoms with van der Waals surface area (Å²) in [4.78, 5) is 12.5. The number of Topliss-reactive ketones (excluding diaryl/α,β-unsaturated/α-hetero) is 1. The van der Waals surface area contributed by atoms with E-state index in [0.717, 1.165) is 12.0 Å². The highest BCUT2D eigenvalue weighted by molar-refractivity contribution is 5.89. The van der Waals surface area contributed by atoms with Crippen LogP contribution < -0.4 is 10.9 Å². The van der Waals surface area contributed by atoms with E-state index in [2.05, 4.69) is 10.9 Å². The van der Waals surface area contributed by atoms with Gasteiger partial charge in [0.25, 0.3) is 0 Å². The van der Waals surface area contributed by atoms with E-state index >= 15 is 0 Å². The minimum Gasteiger partial charge on any atom is -0.508 e. The molecule has 0 fully saturated rings. The van der Waals surface area contributed by atoms with Crippen LogP contribution in [0.2, 0.25) is 0 Å². The zero-order chi connectivity index (χ0) is 14.5. The molecule has 0 amide bonds. The van der Waals surface area contributed by atoms with Gasteiger partial charge in [0.2, 0.25) is 0 Å². The number of aromatic hydroxyl groups is 1. The van der Waals surface area contributed by atoms with Gasteiger partial charge in [0, 0.05) is 5.41 Å². The quantitative estimate of drug-likeness (QED) is 0.660. The van der Waals surface area contributed by atoms with Gasteiger partial charge in [0.15, 0.2) is 5.78 Å². The van der Waals surface area contributed by atoms with Crippen molar-refractivity contribution >= 4 is 5.78 Å². The molecular formula is C15H24N2O2. The van der Waals surface area contributed by atoms with Gasteiger partial charge >= 0.3 is 0 Å². The SMILES string of the molecule is CCC(C)(C)C(=O)C(Cc1ccc(O)cc1)NNC. The molecular weight excluding hydrogens is 240 g/mol. The lowest BCUT2D eigenvalue weighted by atomic mass is 9.80. The second kappa shape index (κ2) is 6.68. The molecule has 3 N–H and O–H groups in total. The molecule has 4 nitrogen and oxygen atoms in total. The van der Waals surface area contributed by atoms with E-state index in [4.69, 9.17) is 0 Å². The summed E-state index contributed by atoms with van der Waals surface area (Å²) in [5, 5.41) is 9.28. The van der Waals surface area contributed by atoms with Crippen molar-refractivity contribution < 1.29 is 9.90 Å². The molecule has 0 aromatic heterocycles. The number of phenols is 1. The highest BCUT2D eigenvalue weighted by atomic mass is 16.3. The number of carbonyl (C=O) groups excluding carboxylic acids is 1. The lowest BCUT2D eigenvalue weighted by molar-refractivity contribution is -0.129. The van der Waals surface area contributed by atoms with Crippen molar-refractivity contribution in [3.05, 3.63) is 29.8 Å². The lowest BCUT2D eigenvalue weighted by Crippen LogP contribution is -2.49. The van der Waals surface area contributed by atoms with Crippen LogP contribution in [0, 0.1) is 5.41 Å². The molecule has 0 bridgehead atoms. The maximum absolute atomic E-state index is 12.5. The van der Waals surface area contributed by atoms with Gasteiger partial charge in [-0.1, -0.05) is 32.9 Å². The standard InChI is InChI=1S/C15H24N2O2/c1-5-15(2,3)14(19)13(17-16-4)10-11-6-8-12(18)9-7-11/h6-9,13,16-18H,5,10H2,1-4H3. The first-order chi connectivity index (χ1) is 8.90. The number of hydrogen-bond acceptors (Lipinski definition) is 4. The predicted octanol–water partition coefficient (Wildman–Crippen LogP) is 2.03. The van der Waals surface area contributed by atoms with Crippen LogP contribution in [-0.4, -0.2) is 24.0 Å². The van der Waals surface area contributed by atoms with Gasteiger partial charge in [-0.3, -0.25) is 10.2 Å². The normalized spacial score (nSPS) is 13.3. The third-order valence-electron chi connectivity index (χ3n) is 3.56. The van der Waals surface area contributed by atoms with E-state index in [9.17, 15) is 9.90 Å². The van der Waals surface area contributed by atoms with Crippen molar-refractivity contribution in [2.75, 3.05) is 7.05 Å². The molecule has 1 rings (SSSR count). The van der Waals surface area contributed by atoms with Gasteiger partial charge in [-0.2, -0.15) is 0 Å². The van der Waals surface area contributed by atoms with E-state index in [1.165, 1.54) is 0 Å². The highest BCUT2D eigenvalue weighted by Gasteiger charge is 2.31. The number of benzene rings is 1. The van der Waals surface area contributed by atoms with Crippen molar-refractivity contribution in [3.63, 3.8) is 0 Å². The molecule has 0 aliphatic rings. The van der Waals surface area contributed by atoms with Crippen LogP contribution in [-0.2, 0) is 11.2 Å². The number of nitrogens with one attached hydrogen (secondary N) is 2. The van der Waals surface area contributed by atoms with Crippen LogP contribution in [0.15, 0.2) is 24.3 Å².